The second-order valence-electron chi connectivity index (χ2n) is 7.23. The zero-order chi connectivity index (χ0) is 19.0. The first-order valence-electron chi connectivity index (χ1n) is 9.82. The fourth-order valence-electron chi connectivity index (χ4n) is 3.66. The van der Waals surface area contributed by atoms with Crippen LogP contribution in [0.15, 0.2) is 30.4 Å². The van der Waals surface area contributed by atoms with Crippen molar-refractivity contribution in [2.24, 2.45) is 0 Å². The molecule has 0 radical (unpaired) electrons. The fourth-order valence-corrected chi connectivity index (χ4v) is 3.92. The van der Waals surface area contributed by atoms with E-state index >= 15 is 0 Å². The molecule has 5 heteroatoms. The number of allylic oxidation sites excluding steroid dienone is 2. The quantitative estimate of drug-likeness (QED) is 0.187. The number of carbonyl (C=O) groups excluding carboxylic acids is 1. The van der Waals surface area contributed by atoms with Crippen LogP contribution in [0.25, 0.3) is 11.1 Å². The largest absolute Gasteiger partial charge is 0.346 e. The first kappa shape index (κ1) is 18.9. The van der Waals surface area contributed by atoms with Crippen LogP contribution < -0.4 is 0 Å². The van der Waals surface area contributed by atoms with E-state index in [0.29, 0.717) is 18.8 Å². The number of fused-ring (bicyclic) bond motifs is 5. The van der Waals surface area contributed by atoms with Crippen molar-refractivity contribution < 1.29 is 19.0 Å². The summed E-state index contributed by atoms with van der Waals surface area (Å²) in [5.74, 6) is -0.124. The number of hydrogen-bond acceptors (Lipinski definition) is 4. The van der Waals surface area contributed by atoms with Gasteiger partial charge in [-0.25, -0.2) is 0 Å². The van der Waals surface area contributed by atoms with Crippen molar-refractivity contribution in [3.8, 4) is 0 Å². The number of rotatable bonds is 10. The van der Waals surface area contributed by atoms with E-state index in [9.17, 15) is 4.79 Å². The molecule has 2 atom stereocenters. The molecule has 1 aromatic carbocycles. The number of alkyl halides is 1. The zero-order valence-corrected chi connectivity index (χ0v) is 16.6. The van der Waals surface area contributed by atoms with Crippen LogP contribution >= 0.6 is 11.6 Å². The molecular weight excluding hydrogens is 364 g/mol. The highest BCUT2D eigenvalue weighted by molar-refractivity contribution is 6.30. The molecule has 1 aromatic rings. The summed E-state index contributed by atoms with van der Waals surface area (Å²) in [6, 6.07) is 5.79. The molecule has 0 aromatic heterocycles. The predicted octanol–water partition coefficient (Wildman–Crippen LogP) is 4.96. The van der Waals surface area contributed by atoms with E-state index in [0.717, 1.165) is 48.0 Å². The van der Waals surface area contributed by atoms with Gasteiger partial charge < -0.3 is 14.2 Å². The Hall–Kier alpha value is -1.46. The maximum absolute atomic E-state index is 13.3. The molecule has 0 N–H and O–H groups in total. The van der Waals surface area contributed by atoms with Crippen molar-refractivity contribution in [1.82, 2.24) is 0 Å². The highest BCUT2D eigenvalue weighted by atomic mass is 35.5. The molecule has 1 heterocycles. The zero-order valence-electron chi connectivity index (χ0n) is 15.8. The molecule has 2 aliphatic carbocycles. The van der Waals surface area contributed by atoms with Gasteiger partial charge in [0.1, 0.15) is 6.10 Å². The molecule has 2 unspecified atom stereocenters. The molecule has 1 saturated heterocycles. The first-order chi connectivity index (χ1) is 13.1. The van der Waals surface area contributed by atoms with Gasteiger partial charge in [-0.05, 0) is 35.6 Å². The van der Waals surface area contributed by atoms with Gasteiger partial charge in [0.15, 0.2) is 5.06 Å². The molecule has 0 amide bonds. The number of Topliss-reactive ketones (excluding diaryl/α,β-unsaturated/α-hetero) is 1. The summed E-state index contributed by atoms with van der Waals surface area (Å²) in [5, 5.41) is -0.735. The third-order valence-corrected chi connectivity index (χ3v) is 5.68. The van der Waals surface area contributed by atoms with Crippen LogP contribution in [0.3, 0.4) is 0 Å². The Morgan fingerprint density at radius 3 is 2.59 bits per heavy atom. The number of halogens is 1. The van der Waals surface area contributed by atoms with E-state index in [2.05, 4.69) is 13.8 Å². The number of ketones is 1. The van der Waals surface area contributed by atoms with E-state index < -0.39 is 11.4 Å². The number of hydrogen-bond donors (Lipinski definition) is 0. The molecule has 144 valence electrons. The smallest absolute Gasteiger partial charge is 0.222 e. The minimum Gasteiger partial charge on any atom is -0.346 e. The fraction of sp³-hybridized carbons (Fsp3) is 0.500. The van der Waals surface area contributed by atoms with Crippen LogP contribution in [0, 0.1) is 0 Å². The lowest BCUT2D eigenvalue weighted by atomic mass is 9.73. The monoisotopic (exact) mass is 388 g/mol. The number of epoxide rings is 1. The van der Waals surface area contributed by atoms with Gasteiger partial charge in [-0.1, -0.05) is 62.6 Å². The van der Waals surface area contributed by atoms with Crippen LogP contribution in [-0.4, -0.2) is 36.5 Å². The average molecular weight is 389 g/mol. The normalized spacial score (nSPS) is 24.4. The SMILES string of the molecule is CCCCOC(OCCCC)C(=O)c1cccc2c1C1=C2C=CC2(Cl)OC12. The van der Waals surface area contributed by atoms with E-state index in [-0.39, 0.29) is 11.9 Å². The minimum absolute atomic E-state index is 0.124. The Labute approximate surface area is 165 Å². The Bertz CT molecular complexity index is 803. The molecule has 4 rings (SSSR count). The van der Waals surface area contributed by atoms with Crippen molar-refractivity contribution in [2.45, 2.75) is 57.0 Å². The number of unbranched alkanes of at least 4 members (excludes halogenated alkanes) is 2. The van der Waals surface area contributed by atoms with E-state index in [1.807, 2.05) is 30.4 Å². The van der Waals surface area contributed by atoms with Crippen LogP contribution in [0.1, 0.15) is 61.0 Å². The summed E-state index contributed by atoms with van der Waals surface area (Å²) in [7, 11) is 0. The van der Waals surface area contributed by atoms with Crippen molar-refractivity contribution >= 4 is 28.5 Å². The summed E-state index contributed by atoms with van der Waals surface area (Å²) in [4.78, 5) is 13.3. The second-order valence-corrected chi connectivity index (χ2v) is 7.82. The molecule has 1 aliphatic heterocycles. The second kappa shape index (κ2) is 7.51. The van der Waals surface area contributed by atoms with Crippen LogP contribution in [0.5, 0.6) is 0 Å². The number of benzene rings is 1. The van der Waals surface area contributed by atoms with Crippen molar-refractivity contribution in [3.05, 3.63) is 47.0 Å². The Balaban J connectivity index is 1.57. The van der Waals surface area contributed by atoms with Gasteiger partial charge in [-0.15, -0.1) is 0 Å². The molecule has 3 aliphatic rings. The Kier molecular flexibility index (Phi) is 5.26. The van der Waals surface area contributed by atoms with Crippen molar-refractivity contribution in [3.63, 3.8) is 0 Å². The Morgan fingerprint density at radius 1 is 1.22 bits per heavy atom. The molecule has 0 spiro atoms. The van der Waals surface area contributed by atoms with Gasteiger partial charge in [0, 0.05) is 11.1 Å². The van der Waals surface area contributed by atoms with Gasteiger partial charge in [-0.2, -0.15) is 0 Å². The van der Waals surface area contributed by atoms with E-state index in [1.54, 1.807) is 0 Å². The van der Waals surface area contributed by atoms with Crippen molar-refractivity contribution in [1.29, 1.82) is 0 Å². The van der Waals surface area contributed by atoms with Gasteiger partial charge in [0.05, 0.1) is 13.2 Å². The Morgan fingerprint density at radius 2 is 1.93 bits per heavy atom. The van der Waals surface area contributed by atoms with Crippen LogP contribution in [-0.2, 0) is 14.2 Å². The third kappa shape index (κ3) is 3.29. The lowest BCUT2D eigenvalue weighted by Gasteiger charge is -2.30. The highest BCUT2D eigenvalue weighted by Crippen LogP contribution is 2.60. The maximum Gasteiger partial charge on any atom is 0.222 e. The molecule has 0 saturated carbocycles. The van der Waals surface area contributed by atoms with Gasteiger partial charge in [0.25, 0.3) is 0 Å². The first-order valence-corrected chi connectivity index (χ1v) is 10.2. The van der Waals surface area contributed by atoms with Crippen molar-refractivity contribution in [2.75, 3.05) is 13.2 Å². The topological polar surface area (TPSA) is 48.1 Å². The number of carbonyl (C=O) groups is 1. The highest BCUT2D eigenvalue weighted by Gasteiger charge is 2.60. The molecular formula is C22H25ClO4. The standard InChI is InChI=1S/C22H25ClO4/c1-3-5-12-25-21(26-13-6-4-2)19(24)16-9-7-8-14-15-10-11-22(23)20(27-22)18(15)17(14)16/h7-11,20-21H,3-6,12-13H2,1-2H3. The summed E-state index contributed by atoms with van der Waals surface area (Å²) < 4.78 is 17.3. The van der Waals surface area contributed by atoms with Gasteiger partial charge in [-0.3, -0.25) is 4.79 Å². The third-order valence-electron chi connectivity index (χ3n) is 5.27. The predicted molar refractivity (Wildman–Crippen MR) is 106 cm³/mol. The summed E-state index contributed by atoms with van der Waals surface area (Å²) in [6.45, 7) is 5.22. The van der Waals surface area contributed by atoms with Gasteiger partial charge >= 0.3 is 0 Å². The average Bonchev–Trinajstić information content (AvgIpc) is 3.33. The number of ether oxygens (including phenoxy) is 3. The summed E-state index contributed by atoms with van der Waals surface area (Å²) in [5.41, 5.74) is 4.80. The summed E-state index contributed by atoms with van der Waals surface area (Å²) in [6.07, 6.45) is 6.68. The van der Waals surface area contributed by atoms with Gasteiger partial charge in [0.2, 0.25) is 12.1 Å². The minimum atomic E-state index is -0.862. The van der Waals surface area contributed by atoms with Crippen LogP contribution in [0.4, 0.5) is 0 Å². The maximum atomic E-state index is 13.3. The summed E-state index contributed by atoms with van der Waals surface area (Å²) >= 11 is 6.39. The molecule has 4 nitrogen and oxygen atoms in total. The lowest BCUT2D eigenvalue weighted by Crippen LogP contribution is -2.31. The lowest BCUT2D eigenvalue weighted by molar-refractivity contribution is -0.115. The van der Waals surface area contributed by atoms with E-state index in [4.69, 9.17) is 25.8 Å². The van der Waals surface area contributed by atoms with E-state index in [1.165, 1.54) is 0 Å². The van der Waals surface area contributed by atoms with Crippen LogP contribution in [0.2, 0.25) is 0 Å². The molecule has 1 fully saturated rings. The molecule has 27 heavy (non-hydrogen) atoms. The molecule has 0 bridgehead atoms.